The van der Waals surface area contributed by atoms with Gasteiger partial charge in [-0.15, -0.1) is 0 Å². The zero-order chi connectivity index (χ0) is 29.4. The molecule has 0 spiro atoms. The summed E-state index contributed by atoms with van der Waals surface area (Å²) in [5.41, 5.74) is 7.99. The van der Waals surface area contributed by atoms with Crippen molar-refractivity contribution in [2.75, 3.05) is 0 Å². The van der Waals surface area contributed by atoms with Gasteiger partial charge in [0.25, 0.3) is 0 Å². The molecule has 0 amide bonds. The maximum absolute atomic E-state index is 5.12. The molecule has 0 unspecified atom stereocenters. The zero-order valence-electron chi connectivity index (χ0n) is 26.8. The normalized spacial score (nSPS) is 11.8. The van der Waals surface area contributed by atoms with Crippen molar-refractivity contribution in [1.29, 1.82) is 0 Å². The zero-order valence-corrected chi connectivity index (χ0v) is 26.8. The standard InChI is InChI=1S/C36H54N6/c1-4-7-10-13-16-19-22-28-25-37-31-34(40-28)32-36(42-29(26-38-32)23-20-17-14-11-8-5-2)33-35(31)41-30(27-39-33)24-21-18-15-12-9-6-3/h25-27H,4-24H2,1-3H3. The molecule has 0 saturated carbocycles. The predicted molar refractivity (Wildman–Crippen MR) is 177 cm³/mol. The third-order valence-electron chi connectivity index (χ3n) is 8.50. The minimum atomic E-state index is 0.805. The number of unbranched alkanes of at least 4 members (excludes halogenated alkanes) is 15. The quantitative estimate of drug-likeness (QED) is 0.0732. The lowest BCUT2D eigenvalue weighted by Crippen LogP contribution is -2.03. The number of fused-ring (bicyclic) bond motifs is 6. The lowest BCUT2D eigenvalue weighted by molar-refractivity contribution is 0.604. The van der Waals surface area contributed by atoms with Gasteiger partial charge in [-0.25, -0.2) is 15.0 Å². The molecule has 0 aliphatic carbocycles. The average molecular weight is 571 g/mol. The second kappa shape index (κ2) is 18.0. The summed E-state index contributed by atoms with van der Waals surface area (Å²) in [4.78, 5) is 30.2. The summed E-state index contributed by atoms with van der Waals surface area (Å²) in [7, 11) is 0. The fraction of sp³-hybridized carbons (Fsp3) is 0.667. The Morgan fingerprint density at radius 1 is 0.333 bits per heavy atom. The summed E-state index contributed by atoms with van der Waals surface area (Å²) in [6, 6.07) is 0. The molecule has 0 saturated heterocycles. The predicted octanol–water partition coefficient (Wildman–Crippen LogP) is 10.2. The first-order valence-electron chi connectivity index (χ1n) is 17.3. The molecule has 0 N–H and O–H groups in total. The second-order valence-corrected chi connectivity index (χ2v) is 12.2. The molecule has 1 aromatic carbocycles. The number of aromatic nitrogens is 6. The van der Waals surface area contributed by atoms with Crippen LogP contribution in [-0.4, -0.2) is 29.9 Å². The number of rotatable bonds is 21. The van der Waals surface area contributed by atoms with E-state index in [9.17, 15) is 0 Å². The number of hydrogen-bond acceptors (Lipinski definition) is 6. The molecule has 0 atom stereocenters. The maximum atomic E-state index is 5.12. The SMILES string of the molecule is CCCCCCCCc1cnc2c(n1)c1ncc(CCCCCCCC)nc1c1ncc(CCCCCCCC)nc21. The molecule has 6 nitrogen and oxygen atoms in total. The third-order valence-corrected chi connectivity index (χ3v) is 8.50. The van der Waals surface area contributed by atoms with Crippen molar-refractivity contribution in [3.8, 4) is 0 Å². The van der Waals surface area contributed by atoms with Crippen molar-refractivity contribution < 1.29 is 0 Å². The smallest absolute Gasteiger partial charge is 0.119 e. The van der Waals surface area contributed by atoms with Gasteiger partial charge >= 0.3 is 0 Å². The van der Waals surface area contributed by atoms with E-state index >= 15 is 0 Å². The summed E-state index contributed by atoms with van der Waals surface area (Å²) < 4.78 is 0. The average Bonchev–Trinajstić information content (AvgIpc) is 3.02. The van der Waals surface area contributed by atoms with Crippen LogP contribution in [0, 0.1) is 0 Å². The minimum Gasteiger partial charge on any atom is -0.250 e. The monoisotopic (exact) mass is 570 g/mol. The van der Waals surface area contributed by atoms with Crippen molar-refractivity contribution in [3.63, 3.8) is 0 Å². The molecular formula is C36H54N6. The molecule has 3 heterocycles. The van der Waals surface area contributed by atoms with E-state index in [1.807, 2.05) is 18.6 Å². The van der Waals surface area contributed by atoms with Crippen molar-refractivity contribution in [2.24, 2.45) is 0 Å². The largest absolute Gasteiger partial charge is 0.250 e. The van der Waals surface area contributed by atoms with Gasteiger partial charge in [0, 0.05) is 18.6 Å². The van der Waals surface area contributed by atoms with E-state index in [-0.39, 0.29) is 0 Å². The van der Waals surface area contributed by atoms with Gasteiger partial charge in [0.15, 0.2) is 0 Å². The van der Waals surface area contributed by atoms with E-state index in [2.05, 4.69) is 20.8 Å². The summed E-state index contributed by atoms with van der Waals surface area (Å²) >= 11 is 0. The van der Waals surface area contributed by atoms with E-state index in [1.165, 1.54) is 96.3 Å². The van der Waals surface area contributed by atoms with Crippen molar-refractivity contribution in [3.05, 3.63) is 35.7 Å². The summed E-state index contributed by atoms with van der Waals surface area (Å²) in [5, 5.41) is 0. The third kappa shape index (κ3) is 9.37. The van der Waals surface area contributed by atoms with E-state index < -0.39 is 0 Å². The molecule has 42 heavy (non-hydrogen) atoms. The van der Waals surface area contributed by atoms with Crippen LogP contribution in [0.3, 0.4) is 0 Å². The summed E-state index contributed by atoms with van der Waals surface area (Å²) in [6.07, 6.45) is 31.5. The van der Waals surface area contributed by atoms with E-state index in [4.69, 9.17) is 29.9 Å². The van der Waals surface area contributed by atoms with Crippen molar-refractivity contribution in [1.82, 2.24) is 29.9 Å². The number of benzene rings is 1. The van der Waals surface area contributed by atoms with Gasteiger partial charge in [-0.1, -0.05) is 117 Å². The van der Waals surface area contributed by atoms with E-state index in [0.29, 0.717) is 0 Å². The number of aryl methyl sites for hydroxylation is 3. The van der Waals surface area contributed by atoms with Gasteiger partial charge in [0.1, 0.15) is 33.1 Å². The van der Waals surface area contributed by atoms with Gasteiger partial charge in [0.05, 0.1) is 17.1 Å². The highest BCUT2D eigenvalue weighted by Crippen LogP contribution is 2.30. The van der Waals surface area contributed by atoms with Crippen molar-refractivity contribution in [2.45, 2.75) is 156 Å². The fourth-order valence-electron chi connectivity index (χ4n) is 5.91. The van der Waals surface area contributed by atoms with Gasteiger partial charge in [-0.05, 0) is 38.5 Å². The Morgan fingerprint density at radius 2 is 0.595 bits per heavy atom. The van der Waals surface area contributed by atoms with Crippen LogP contribution in [0.15, 0.2) is 18.6 Å². The van der Waals surface area contributed by atoms with E-state index in [0.717, 1.165) is 88.7 Å². The second-order valence-electron chi connectivity index (χ2n) is 12.2. The fourth-order valence-corrected chi connectivity index (χ4v) is 5.91. The molecule has 0 fully saturated rings. The van der Waals surface area contributed by atoms with Gasteiger partial charge in [-0.2, -0.15) is 0 Å². The Bertz CT molecular complexity index is 1170. The van der Waals surface area contributed by atoms with Crippen LogP contribution < -0.4 is 0 Å². The Labute approximate surface area is 254 Å². The Balaban J connectivity index is 1.59. The van der Waals surface area contributed by atoms with Crippen molar-refractivity contribution >= 4 is 33.1 Å². The molecule has 3 aromatic heterocycles. The molecule has 0 radical (unpaired) electrons. The van der Waals surface area contributed by atoms with Crippen LogP contribution in [-0.2, 0) is 19.3 Å². The van der Waals surface area contributed by atoms with Crippen LogP contribution in [0.25, 0.3) is 33.1 Å². The summed E-state index contributed by atoms with van der Waals surface area (Å²) in [6.45, 7) is 6.80. The first-order valence-corrected chi connectivity index (χ1v) is 17.3. The highest BCUT2D eigenvalue weighted by molar-refractivity contribution is 6.17. The van der Waals surface area contributed by atoms with Gasteiger partial charge < -0.3 is 0 Å². The highest BCUT2D eigenvalue weighted by atomic mass is 14.9. The van der Waals surface area contributed by atoms with Crippen LogP contribution >= 0.6 is 0 Å². The Morgan fingerprint density at radius 3 is 0.881 bits per heavy atom. The number of hydrogen-bond donors (Lipinski definition) is 0. The van der Waals surface area contributed by atoms with Crippen LogP contribution in [0.1, 0.15) is 153 Å². The maximum Gasteiger partial charge on any atom is 0.119 e. The lowest BCUT2D eigenvalue weighted by Gasteiger charge is -2.11. The van der Waals surface area contributed by atoms with Gasteiger partial charge in [0.2, 0.25) is 0 Å². The van der Waals surface area contributed by atoms with Crippen LogP contribution in [0.5, 0.6) is 0 Å². The van der Waals surface area contributed by atoms with Gasteiger partial charge in [-0.3, -0.25) is 15.0 Å². The first-order chi connectivity index (χ1) is 20.7. The lowest BCUT2D eigenvalue weighted by atomic mass is 10.1. The first kappa shape index (κ1) is 32.2. The van der Waals surface area contributed by atoms with Crippen LogP contribution in [0.2, 0.25) is 0 Å². The number of nitrogens with zero attached hydrogens (tertiary/aromatic N) is 6. The highest BCUT2D eigenvalue weighted by Gasteiger charge is 2.17. The molecule has 4 rings (SSSR count). The summed E-state index contributed by atoms with van der Waals surface area (Å²) in [5.74, 6) is 0. The molecule has 6 heteroatoms. The van der Waals surface area contributed by atoms with E-state index in [1.54, 1.807) is 0 Å². The molecule has 0 bridgehead atoms. The molecule has 228 valence electrons. The molecule has 0 aliphatic rings. The minimum absolute atomic E-state index is 0.805. The van der Waals surface area contributed by atoms with Crippen LogP contribution in [0.4, 0.5) is 0 Å². The topological polar surface area (TPSA) is 77.3 Å². The Kier molecular flexibility index (Phi) is 13.8. The molecular weight excluding hydrogens is 516 g/mol. The molecule has 4 aromatic rings. The molecule has 0 aliphatic heterocycles. The Hall–Kier alpha value is -2.76.